The van der Waals surface area contributed by atoms with Crippen molar-refractivity contribution in [3.05, 3.63) is 22.4 Å². The summed E-state index contributed by atoms with van der Waals surface area (Å²) in [5.74, 6) is -0.847. The summed E-state index contributed by atoms with van der Waals surface area (Å²) >= 11 is 1.23. The lowest BCUT2D eigenvalue weighted by Gasteiger charge is -2.15. The lowest BCUT2D eigenvalue weighted by atomic mass is 9.97. The molecule has 1 aromatic rings. The summed E-state index contributed by atoms with van der Waals surface area (Å²) in [6, 6.07) is 3.83. The molecule has 1 saturated carbocycles. The number of carbonyl (C=O) groups is 1. The van der Waals surface area contributed by atoms with E-state index in [1.807, 2.05) is 0 Å². The Kier molecular flexibility index (Phi) is 5.36. The van der Waals surface area contributed by atoms with E-state index in [1.54, 1.807) is 17.5 Å². The second kappa shape index (κ2) is 6.58. The standard InChI is InChI=1S/C6H13N.C5H4O2S/c7-6-4-2-1-3-5-6;6-5(7)4-2-1-3-8-4/h6H,1-5,7H2;1-3H,(H,6,7). The normalized spacial score (nSPS) is 16.6. The topological polar surface area (TPSA) is 63.3 Å². The molecule has 1 fully saturated rings. The maximum Gasteiger partial charge on any atom is 0.345 e. The Morgan fingerprint density at radius 1 is 1.40 bits per heavy atom. The first-order valence-corrected chi connectivity index (χ1v) is 6.10. The van der Waals surface area contributed by atoms with Gasteiger partial charge in [0.05, 0.1) is 0 Å². The predicted molar refractivity (Wildman–Crippen MR) is 62.3 cm³/mol. The molecule has 0 atom stereocenters. The molecule has 1 aliphatic carbocycles. The van der Waals surface area contributed by atoms with Crippen molar-refractivity contribution in [2.24, 2.45) is 5.73 Å². The maximum absolute atomic E-state index is 10.1. The van der Waals surface area contributed by atoms with E-state index >= 15 is 0 Å². The lowest BCUT2D eigenvalue weighted by molar-refractivity contribution is 0.0702. The third-order valence-corrected chi connectivity index (χ3v) is 3.24. The van der Waals surface area contributed by atoms with Gasteiger partial charge in [-0.2, -0.15) is 0 Å². The van der Waals surface area contributed by atoms with Gasteiger partial charge in [0, 0.05) is 6.04 Å². The molecule has 3 nitrogen and oxygen atoms in total. The van der Waals surface area contributed by atoms with Gasteiger partial charge < -0.3 is 10.8 Å². The van der Waals surface area contributed by atoms with Crippen LogP contribution in [0, 0.1) is 0 Å². The van der Waals surface area contributed by atoms with Crippen LogP contribution in [-0.2, 0) is 0 Å². The molecule has 0 unspecified atom stereocenters. The molecular weight excluding hydrogens is 210 g/mol. The molecule has 0 aliphatic heterocycles. The second-order valence-corrected chi connectivity index (χ2v) is 4.63. The van der Waals surface area contributed by atoms with Crippen molar-refractivity contribution in [3.63, 3.8) is 0 Å². The van der Waals surface area contributed by atoms with Gasteiger partial charge in [-0.1, -0.05) is 25.3 Å². The zero-order valence-corrected chi connectivity index (χ0v) is 9.50. The second-order valence-electron chi connectivity index (χ2n) is 3.68. The van der Waals surface area contributed by atoms with Crippen LogP contribution < -0.4 is 5.73 Å². The van der Waals surface area contributed by atoms with E-state index in [0.717, 1.165) is 0 Å². The number of rotatable bonds is 1. The molecule has 1 aliphatic rings. The zero-order valence-electron chi connectivity index (χ0n) is 8.69. The molecule has 0 aromatic carbocycles. The van der Waals surface area contributed by atoms with Gasteiger partial charge >= 0.3 is 5.97 Å². The minimum Gasteiger partial charge on any atom is -0.477 e. The maximum atomic E-state index is 10.1. The van der Waals surface area contributed by atoms with Crippen LogP contribution in [-0.4, -0.2) is 17.1 Å². The third kappa shape index (κ3) is 4.95. The molecule has 0 amide bonds. The molecule has 4 heteroatoms. The fourth-order valence-corrected chi connectivity index (χ4v) is 2.10. The number of carboxylic acids is 1. The Labute approximate surface area is 93.9 Å². The van der Waals surface area contributed by atoms with Crippen LogP contribution in [0.5, 0.6) is 0 Å². The number of carboxylic acid groups (broad SMARTS) is 1. The number of nitrogens with two attached hydrogens (primary N) is 1. The summed E-state index contributed by atoms with van der Waals surface area (Å²) in [6.07, 6.45) is 6.66. The van der Waals surface area contributed by atoms with Crippen molar-refractivity contribution in [1.29, 1.82) is 0 Å². The highest BCUT2D eigenvalue weighted by molar-refractivity contribution is 7.11. The smallest absolute Gasteiger partial charge is 0.345 e. The van der Waals surface area contributed by atoms with E-state index in [0.29, 0.717) is 10.9 Å². The highest BCUT2D eigenvalue weighted by atomic mass is 32.1. The minimum atomic E-state index is -0.847. The van der Waals surface area contributed by atoms with Crippen LogP contribution >= 0.6 is 11.3 Å². The SMILES string of the molecule is NC1CCCCC1.O=C(O)c1cccs1. The van der Waals surface area contributed by atoms with Crippen molar-refractivity contribution in [2.45, 2.75) is 38.1 Å². The molecule has 0 saturated heterocycles. The minimum absolute atomic E-state index is 0.394. The van der Waals surface area contributed by atoms with E-state index in [-0.39, 0.29) is 0 Å². The van der Waals surface area contributed by atoms with Crippen LogP contribution in [0.3, 0.4) is 0 Å². The quantitative estimate of drug-likeness (QED) is 0.775. The Morgan fingerprint density at radius 2 is 2.07 bits per heavy atom. The highest BCUT2D eigenvalue weighted by Crippen LogP contribution is 2.14. The van der Waals surface area contributed by atoms with Gasteiger partial charge in [-0.3, -0.25) is 0 Å². The van der Waals surface area contributed by atoms with Crippen molar-refractivity contribution in [3.8, 4) is 0 Å². The van der Waals surface area contributed by atoms with Gasteiger partial charge in [0.25, 0.3) is 0 Å². The average molecular weight is 227 g/mol. The van der Waals surface area contributed by atoms with Crippen molar-refractivity contribution < 1.29 is 9.90 Å². The molecule has 0 bridgehead atoms. The number of hydrogen-bond donors (Lipinski definition) is 2. The molecule has 3 N–H and O–H groups in total. The van der Waals surface area contributed by atoms with Crippen molar-refractivity contribution in [2.75, 3.05) is 0 Å². The molecule has 84 valence electrons. The Balaban J connectivity index is 0.000000151. The van der Waals surface area contributed by atoms with Crippen LogP contribution in [0.1, 0.15) is 41.8 Å². The van der Waals surface area contributed by atoms with Gasteiger partial charge in [-0.25, -0.2) is 4.79 Å². The van der Waals surface area contributed by atoms with Gasteiger partial charge in [0.1, 0.15) is 4.88 Å². The van der Waals surface area contributed by atoms with Crippen molar-refractivity contribution in [1.82, 2.24) is 0 Å². The molecule has 1 heterocycles. The average Bonchev–Trinajstić information content (AvgIpc) is 2.72. The summed E-state index contributed by atoms with van der Waals surface area (Å²) in [7, 11) is 0. The molecule has 0 spiro atoms. The van der Waals surface area contributed by atoms with Gasteiger partial charge in [0.15, 0.2) is 0 Å². The Bertz CT molecular complexity index is 279. The molecule has 1 aromatic heterocycles. The van der Waals surface area contributed by atoms with Gasteiger partial charge in [-0.05, 0) is 24.3 Å². The monoisotopic (exact) mass is 227 g/mol. The zero-order chi connectivity index (χ0) is 11.1. The molecular formula is C11H17NO2S. The summed E-state index contributed by atoms with van der Waals surface area (Å²) in [6.45, 7) is 0. The lowest BCUT2D eigenvalue weighted by Crippen LogP contribution is -2.22. The fraction of sp³-hybridized carbons (Fsp3) is 0.545. The highest BCUT2D eigenvalue weighted by Gasteiger charge is 2.06. The fourth-order valence-electron chi connectivity index (χ4n) is 1.53. The third-order valence-electron chi connectivity index (χ3n) is 2.38. The Hall–Kier alpha value is -0.870. The van der Waals surface area contributed by atoms with Gasteiger partial charge in [0.2, 0.25) is 0 Å². The molecule has 15 heavy (non-hydrogen) atoms. The number of thiophene rings is 1. The summed E-state index contributed by atoms with van der Waals surface area (Å²) < 4.78 is 0. The molecule has 0 radical (unpaired) electrons. The Morgan fingerprint density at radius 3 is 2.33 bits per heavy atom. The first-order chi connectivity index (χ1) is 7.20. The van der Waals surface area contributed by atoms with Crippen molar-refractivity contribution >= 4 is 17.3 Å². The summed E-state index contributed by atoms with van der Waals surface area (Å²) in [5.41, 5.74) is 5.63. The first kappa shape index (κ1) is 12.2. The predicted octanol–water partition coefficient (Wildman–Crippen LogP) is 2.72. The van der Waals surface area contributed by atoms with Crippen LogP contribution in [0.15, 0.2) is 17.5 Å². The van der Waals surface area contributed by atoms with E-state index in [2.05, 4.69) is 0 Å². The largest absolute Gasteiger partial charge is 0.477 e. The number of aromatic carboxylic acids is 1. The van der Waals surface area contributed by atoms with E-state index in [4.69, 9.17) is 10.8 Å². The van der Waals surface area contributed by atoms with E-state index < -0.39 is 5.97 Å². The number of hydrogen-bond acceptors (Lipinski definition) is 3. The summed E-state index contributed by atoms with van der Waals surface area (Å²) in [5, 5.41) is 10.0. The first-order valence-electron chi connectivity index (χ1n) is 5.22. The van der Waals surface area contributed by atoms with Crippen LogP contribution in [0.25, 0.3) is 0 Å². The van der Waals surface area contributed by atoms with Crippen LogP contribution in [0.4, 0.5) is 0 Å². The van der Waals surface area contributed by atoms with Crippen LogP contribution in [0.2, 0.25) is 0 Å². The summed E-state index contributed by atoms with van der Waals surface area (Å²) in [4.78, 5) is 10.5. The molecule has 2 rings (SSSR count). The van der Waals surface area contributed by atoms with E-state index in [9.17, 15) is 4.79 Å². The van der Waals surface area contributed by atoms with E-state index in [1.165, 1.54) is 43.4 Å². The van der Waals surface area contributed by atoms with Gasteiger partial charge in [-0.15, -0.1) is 11.3 Å².